The third-order valence-corrected chi connectivity index (χ3v) is 4.35. The van der Waals surface area contributed by atoms with Crippen LogP contribution >= 0.6 is 0 Å². The van der Waals surface area contributed by atoms with Crippen molar-refractivity contribution in [2.24, 2.45) is 0 Å². The monoisotopic (exact) mass is 319 g/mol. The molecular formula is C17H25N3O3. The molecule has 126 valence electrons. The summed E-state index contributed by atoms with van der Waals surface area (Å²) in [5.41, 5.74) is 1.51. The summed E-state index contributed by atoms with van der Waals surface area (Å²) >= 11 is 0. The maximum Gasteiger partial charge on any atom is 0.412 e. The van der Waals surface area contributed by atoms with Crippen LogP contribution in [0, 0.1) is 6.92 Å². The van der Waals surface area contributed by atoms with Crippen molar-refractivity contribution in [3.63, 3.8) is 0 Å². The van der Waals surface area contributed by atoms with E-state index in [0.717, 1.165) is 17.1 Å². The molecule has 23 heavy (non-hydrogen) atoms. The lowest BCUT2D eigenvalue weighted by molar-refractivity contribution is -0.0549. The summed E-state index contributed by atoms with van der Waals surface area (Å²) in [5, 5.41) is 10.7. The Hall–Kier alpha value is -1.82. The lowest BCUT2D eigenvalue weighted by atomic mass is 10.0. The normalized spacial score (nSPS) is 26.8. The third kappa shape index (κ3) is 2.87. The van der Waals surface area contributed by atoms with Gasteiger partial charge in [-0.1, -0.05) is 6.07 Å². The molecular weight excluding hydrogens is 294 g/mol. The number of fused-ring (bicyclic) bond motifs is 3. The highest BCUT2D eigenvalue weighted by molar-refractivity contribution is 5.70. The van der Waals surface area contributed by atoms with Gasteiger partial charge < -0.3 is 14.7 Å². The molecule has 3 atom stereocenters. The van der Waals surface area contributed by atoms with E-state index >= 15 is 0 Å². The Balaban J connectivity index is 1.85. The molecule has 6 nitrogen and oxygen atoms in total. The van der Waals surface area contributed by atoms with Gasteiger partial charge in [0.1, 0.15) is 11.4 Å². The quantitative estimate of drug-likeness (QED) is 0.793. The first-order valence-electron chi connectivity index (χ1n) is 8.10. The Morgan fingerprint density at radius 1 is 1.39 bits per heavy atom. The molecule has 3 unspecified atom stereocenters. The van der Waals surface area contributed by atoms with Gasteiger partial charge in [-0.2, -0.15) is 0 Å². The molecule has 0 aromatic carbocycles. The predicted octanol–water partition coefficient (Wildman–Crippen LogP) is 2.08. The smallest absolute Gasteiger partial charge is 0.412 e. The molecule has 1 aromatic rings. The van der Waals surface area contributed by atoms with Crippen LogP contribution < -0.4 is 4.90 Å². The zero-order valence-corrected chi connectivity index (χ0v) is 14.4. The second-order valence-corrected chi connectivity index (χ2v) is 7.51. The second-order valence-electron chi connectivity index (χ2n) is 7.51. The van der Waals surface area contributed by atoms with Gasteiger partial charge in [0, 0.05) is 24.7 Å². The molecule has 0 aliphatic carbocycles. The van der Waals surface area contributed by atoms with Crippen LogP contribution in [-0.2, 0) is 11.2 Å². The number of hydrogen-bond donors (Lipinski definition) is 1. The van der Waals surface area contributed by atoms with E-state index in [2.05, 4.69) is 22.9 Å². The van der Waals surface area contributed by atoms with Crippen molar-refractivity contribution in [3.05, 3.63) is 23.4 Å². The standard InChI is InChI=1S/C17H25N3O3/c1-10-6-7-12-8-13-15(21)19(16(22)23-17(3,4)5)9-11(2)20(13)14(12)18-10/h6-7,11,13,15,21H,8-9H2,1-5H3. The molecule has 1 aromatic heterocycles. The van der Waals surface area contributed by atoms with Crippen LogP contribution in [-0.4, -0.2) is 51.5 Å². The minimum absolute atomic E-state index is 0.0754. The van der Waals surface area contributed by atoms with Crippen LogP contribution in [0.4, 0.5) is 10.6 Å². The summed E-state index contributed by atoms with van der Waals surface area (Å²) < 4.78 is 5.43. The molecule has 1 fully saturated rings. The molecule has 0 bridgehead atoms. The van der Waals surface area contributed by atoms with Crippen LogP contribution in [0.25, 0.3) is 0 Å². The van der Waals surface area contributed by atoms with Gasteiger partial charge in [-0.15, -0.1) is 0 Å². The fraction of sp³-hybridized carbons (Fsp3) is 0.647. The van der Waals surface area contributed by atoms with E-state index < -0.39 is 17.9 Å². The molecule has 0 spiro atoms. The molecule has 1 saturated heterocycles. The molecule has 1 amide bonds. The number of carbonyl (C=O) groups is 1. The van der Waals surface area contributed by atoms with E-state index in [1.54, 1.807) is 0 Å². The summed E-state index contributed by atoms with van der Waals surface area (Å²) in [6.45, 7) is 9.92. The van der Waals surface area contributed by atoms with Crippen molar-refractivity contribution in [3.8, 4) is 0 Å². The molecule has 0 radical (unpaired) electrons. The van der Waals surface area contributed by atoms with Crippen molar-refractivity contribution in [2.75, 3.05) is 11.4 Å². The minimum atomic E-state index is -0.893. The second kappa shape index (κ2) is 5.37. The maximum absolute atomic E-state index is 12.4. The number of anilines is 1. The van der Waals surface area contributed by atoms with E-state index in [1.165, 1.54) is 4.90 Å². The summed E-state index contributed by atoms with van der Waals surface area (Å²) in [6.07, 6.45) is -0.667. The average Bonchev–Trinajstić information content (AvgIpc) is 2.80. The summed E-state index contributed by atoms with van der Waals surface area (Å²) in [7, 11) is 0. The fourth-order valence-electron chi connectivity index (χ4n) is 3.41. The zero-order chi connectivity index (χ0) is 16.9. The Kier molecular flexibility index (Phi) is 3.75. The van der Waals surface area contributed by atoms with Crippen LogP contribution in [0.3, 0.4) is 0 Å². The third-order valence-electron chi connectivity index (χ3n) is 4.35. The molecule has 3 rings (SSSR count). The lowest BCUT2D eigenvalue weighted by Gasteiger charge is -2.46. The number of aliphatic hydroxyl groups excluding tert-OH is 1. The molecule has 3 heterocycles. The number of carbonyl (C=O) groups excluding carboxylic acids is 1. The predicted molar refractivity (Wildman–Crippen MR) is 87.4 cm³/mol. The molecule has 2 aliphatic rings. The summed E-state index contributed by atoms with van der Waals surface area (Å²) in [5.74, 6) is 0.936. The van der Waals surface area contributed by atoms with Crippen molar-refractivity contribution >= 4 is 11.9 Å². The summed E-state index contributed by atoms with van der Waals surface area (Å²) in [4.78, 5) is 20.6. The molecule has 2 aliphatic heterocycles. The lowest BCUT2D eigenvalue weighted by Crippen LogP contribution is -2.64. The number of aromatic nitrogens is 1. The Morgan fingerprint density at radius 3 is 2.74 bits per heavy atom. The average molecular weight is 319 g/mol. The van der Waals surface area contributed by atoms with E-state index in [4.69, 9.17) is 4.74 Å². The summed E-state index contributed by atoms with van der Waals surface area (Å²) in [6, 6.07) is 3.95. The number of pyridine rings is 1. The Labute approximate surface area is 137 Å². The van der Waals surface area contributed by atoms with Crippen molar-refractivity contribution in [1.82, 2.24) is 9.88 Å². The maximum atomic E-state index is 12.4. The topological polar surface area (TPSA) is 65.9 Å². The van der Waals surface area contributed by atoms with Crippen LogP contribution in [0.5, 0.6) is 0 Å². The molecule has 0 saturated carbocycles. The van der Waals surface area contributed by atoms with Gasteiger partial charge in [-0.25, -0.2) is 9.78 Å². The van der Waals surface area contributed by atoms with Crippen LogP contribution in [0.1, 0.15) is 39.0 Å². The highest BCUT2D eigenvalue weighted by Crippen LogP contribution is 2.37. The first kappa shape index (κ1) is 16.1. The van der Waals surface area contributed by atoms with E-state index in [1.807, 2.05) is 33.8 Å². The Bertz CT molecular complexity index is 626. The highest BCUT2D eigenvalue weighted by atomic mass is 16.6. The number of piperazine rings is 1. The first-order valence-corrected chi connectivity index (χ1v) is 8.10. The number of amides is 1. The van der Waals surface area contributed by atoms with Crippen molar-refractivity contribution in [2.45, 2.75) is 65.0 Å². The number of aryl methyl sites for hydroxylation is 1. The number of rotatable bonds is 0. The number of aliphatic hydroxyl groups is 1. The first-order chi connectivity index (χ1) is 10.7. The fourth-order valence-corrected chi connectivity index (χ4v) is 3.41. The van der Waals surface area contributed by atoms with Gasteiger partial charge in [0.25, 0.3) is 0 Å². The van der Waals surface area contributed by atoms with Crippen LogP contribution in [0.2, 0.25) is 0 Å². The van der Waals surface area contributed by atoms with Gasteiger partial charge in [-0.05, 0) is 46.2 Å². The SMILES string of the molecule is Cc1ccc2c(n1)N1C(C)CN(C(=O)OC(C)(C)C)C(O)C1C2. The van der Waals surface area contributed by atoms with Gasteiger partial charge in [0.2, 0.25) is 0 Å². The van der Waals surface area contributed by atoms with Crippen molar-refractivity contribution < 1.29 is 14.6 Å². The van der Waals surface area contributed by atoms with E-state index in [-0.39, 0.29) is 12.1 Å². The zero-order valence-electron chi connectivity index (χ0n) is 14.4. The van der Waals surface area contributed by atoms with Gasteiger partial charge in [0.15, 0.2) is 6.23 Å². The number of hydrogen-bond acceptors (Lipinski definition) is 5. The minimum Gasteiger partial charge on any atom is -0.444 e. The molecule has 6 heteroatoms. The van der Waals surface area contributed by atoms with Crippen LogP contribution in [0.15, 0.2) is 12.1 Å². The van der Waals surface area contributed by atoms with Crippen molar-refractivity contribution in [1.29, 1.82) is 0 Å². The van der Waals surface area contributed by atoms with Gasteiger partial charge in [-0.3, -0.25) is 4.90 Å². The largest absolute Gasteiger partial charge is 0.444 e. The molecule has 1 N–H and O–H groups in total. The Morgan fingerprint density at radius 2 is 2.09 bits per heavy atom. The van der Waals surface area contributed by atoms with Gasteiger partial charge in [0.05, 0.1) is 6.04 Å². The van der Waals surface area contributed by atoms with E-state index in [9.17, 15) is 9.90 Å². The van der Waals surface area contributed by atoms with Gasteiger partial charge >= 0.3 is 6.09 Å². The number of ether oxygens (including phenoxy) is 1. The highest BCUT2D eigenvalue weighted by Gasteiger charge is 2.47. The number of nitrogens with zero attached hydrogens (tertiary/aromatic N) is 3. The van der Waals surface area contributed by atoms with E-state index in [0.29, 0.717) is 13.0 Å².